The Morgan fingerprint density at radius 3 is 2.60 bits per heavy atom. The number of benzene rings is 1. The van der Waals surface area contributed by atoms with Crippen LogP contribution in [0.3, 0.4) is 0 Å². The number of hydrogen-bond acceptors (Lipinski definition) is 3. The summed E-state index contributed by atoms with van der Waals surface area (Å²) in [5.41, 5.74) is 12.1. The van der Waals surface area contributed by atoms with Gasteiger partial charge < -0.3 is 16.4 Å². The van der Waals surface area contributed by atoms with Crippen LogP contribution in [0.2, 0.25) is 10.0 Å². The van der Waals surface area contributed by atoms with Crippen LogP contribution in [0.25, 0.3) is 0 Å². The first-order chi connectivity index (χ1) is 7.04. The van der Waals surface area contributed by atoms with E-state index in [1.807, 2.05) is 18.0 Å². The molecule has 0 radical (unpaired) electrons. The first-order valence-corrected chi connectivity index (χ1v) is 5.42. The lowest BCUT2D eigenvalue weighted by Gasteiger charge is -2.23. The maximum atomic E-state index is 6.05. The van der Waals surface area contributed by atoms with Crippen molar-refractivity contribution in [1.82, 2.24) is 0 Å². The van der Waals surface area contributed by atoms with Gasteiger partial charge in [-0.15, -0.1) is 0 Å². The highest BCUT2D eigenvalue weighted by atomic mass is 35.5. The van der Waals surface area contributed by atoms with Gasteiger partial charge in [0.25, 0.3) is 0 Å². The number of hydrogen-bond donors (Lipinski definition) is 2. The van der Waals surface area contributed by atoms with E-state index in [2.05, 4.69) is 0 Å². The minimum absolute atomic E-state index is 0.0539. The van der Waals surface area contributed by atoms with Crippen molar-refractivity contribution in [3.05, 3.63) is 28.2 Å². The van der Waals surface area contributed by atoms with E-state index < -0.39 is 0 Å². The van der Waals surface area contributed by atoms with Crippen molar-refractivity contribution in [2.24, 2.45) is 11.5 Å². The number of nitrogens with zero attached hydrogens (tertiary/aromatic N) is 1. The van der Waals surface area contributed by atoms with E-state index in [1.54, 1.807) is 12.1 Å². The quantitative estimate of drug-likeness (QED) is 0.852. The van der Waals surface area contributed by atoms with Gasteiger partial charge >= 0.3 is 0 Å². The Balaban J connectivity index is 2.77. The van der Waals surface area contributed by atoms with Crippen molar-refractivity contribution in [2.75, 3.05) is 25.0 Å². The monoisotopic (exact) mass is 247 g/mol. The van der Waals surface area contributed by atoms with Gasteiger partial charge in [0.05, 0.1) is 10.7 Å². The maximum Gasteiger partial charge on any atom is 0.0654 e. The second kappa shape index (κ2) is 5.56. The highest BCUT2D eigenvalue weighted by Crippen LogP contribution is 2.27. The van der Waals surface area contributed by atoms with Crippen LogP contribution in [0.5, 0.6) is 0 Å². The number of rotatable bonds is 4. The van der Waals surface area contributed by atoms with Gasteiger partial charge in [-0.25, -0.2) is 0 Å². The zero-order chi connectivity index (χ0) is 11.4. The Hall–Kier alpha value is -0.480. The molecule has 1 atom stereocenters. The maximum absolute atomic E-state index is 6.05. The molecule has 0 saturated heterocycles. The van der Waals surface area contributed by atoms with Crippen molar-refractivity contribution < 1.29 is 0 Å². The fourth-order valence-electron chi connectivity index (χ4n) is 1.32. The Kier molecular flexibility index (Phi) is 4.67. The summed E-state index contributed by atoms with van der Waals surface area (Å²) >= 11 is 11.9. The third-order valence-electron chi connectivity index (χ3n) is 2.13. The van der Waals surface area contributed by atoms with Gasteiger partial charge in [-0.3, -0.25) is 0 Å². The first kappa shape index (κ1) is 12.6. The van der Waals surface area contributed by atoms with E-state index in [0.717, 1.165) is 5.69 Å². The number of likely N-dealkylation sites (N-methyl/N-ethyl adjacent to an activating group) is 1. The van der Waals surface area contributed by atoms with Gasteiger partial charge in [0.1, 0.15) is 0 Å². The largest absolute Gasteiger partial charge is 0.372 e. The summed E-state index contributed by atoms with van der Waals surface area (Å²) in [4.78, 5) is 1.97. The van der Waals surface area contributed by atoms with Gasteiger partial charge in [0.2, 0.25) is 0 Å². The summed E-state index contributed by atoms with van der Waals surface area (Å²) < 4.78 is 0. The minimum atomic E-state index is -0.0539. The normalized spacial score (nSPS) is 12.6. The standard InChI is InChI=1S/C10H15Cl2N3/c1-15(6-8(14)5-13)10-3-2-7(11)4-9(10)12/h2-4,8H,5-6,13-14H2,1H3. The third-order valence-corrected chi connectivity index (χ3v) is 2.67. The fraction of sp³-hybridized carbons (Fsp3) is 0.400. The molecule has 1 aromatic carbocycles. The van der Waals surface area contributed by atoms with Crippen molar-refractivity contribution in [2.45, 2.75) is 6.04 Å². The molecule has 0 saturated carbocycles. The first-order valence-electron chi connectivity index (χ1n) is 4.66. The van der Waals surface area contributed by atoms with Crippen LogP contribution in [0, 0.1) is 0 Å². The van der Waals surface area contributed by atoms with Crippen LogP contribution in [-0.4, -0.2) is 26.2 Å². The van der Waals surface area contributed by atoms with Crippen molar-refractivity contribution in [3.63, 3.8) is 0 Å². The summed E-state index contributed by atoms with van der Waals surface area (Å²) in [5, 5.41) is 1.24. The lowest BCUT2D eigenvalue weighted by atomic mass is 10.2. The average molecular weight is 248 g/mol. The molecule has 0 heterocycles. The summed E-state index contributed by atoms with van der Waals surface area (Å²) in [6.45, 7) is 1.12. The van der Waals surface area contributed by atoms with Crippen molar-refractivity contribution in [3.8, 4) is 0 Å². The SMILES string of the molecule is CN(CC(N)CN)c1ccc(Cl)cc1Cl. The van der Waals surface area contributed by atoms with E-state index in [9.17, 15) is 0 Å². The molecule has 0 aliphatic rings. The molecule has 0 aliphatic carbocycles. The van der Waals surface area contributed by atoms with E-state index in [1.165, 1.54) is 0 Å². The molecule has 1 unspecified atom stereocenters. The Morgan fingerprint density at radius 1 is 1.40 bits per heavy atom. The molecule has 1 rings (SSSR count). The summed E-state index contributed by atoms with van der Waals surface area (Å²) in [6, 6.07) is 5.33. The van der Waals surface area contributed by atoms with Crippen LogP contribution in [0.15, 0.2) is 18.2 Å². The van der Waals surface area contributed by atoms with Crippen molar-refractivity contribution >= 4 is 28.9 Å². The topological polar surface area (TPSA) is 55.3 Å². The van der Waals surface area contributed by atoms with Gasteiger partial charge in [-0.05, 0) is 18.2 Å². The number of halogens is 2. The smallest absolute Gasteiger partial charge is 0.0654 e. The van der Waals surface area contributed by atoms with Crippen LogP contribution in [0.4, 0.5) is 5.69 Å². The van der Waals surface area contributed by atoms with Gasteiger partial charge in [0.15, 0.2) is 0 Å². The highest BCUT2D eigenvalue weighted by Gasteiger charge is 2.09. The third kappa shape index (κ3) is 3.54. The van der Waals surface area contributed by atoms with Crippen LogP contribution >= 0.6 is 23.2 Å². The predicted molar refractivity (Wildman–Crippen MR) is 66.8 cm³/mol. The van der Waals surface area contributed by atoms with Gasteiger partial charge in [-0.1, -0.05) is 23.2 Å². The zero-order valence-corrected chi connectivity index (χ0v) is 10.1. The zero-order valence-electron chi connectivity index (χ0n) is 8.58. The lowest BCUT2D eigenvalue weighted by molar-refractivity contribution is 0.668. The van der Waals surface area contributed by atoms with E-state index in [4.69, 9.17) is 34.7 Å². The minimum Gasteiger partial charge on any atom is -0.372 e. The fourth-order valence-corrected chi connectivity index (χ4v) is 1.87. The summed E-state index contributed by atoms with van der Waals surface area (Å²) in [6.07, 6.45) is 0. The molecule has 4 N–H and O–H groups in total. The Bertz CT molecular complexity index is 330. The molecule has 0 aromatic heterocycles. The second-order valence-electron chi connectivity index (χ2n) is 3.47. The molecule has 15 heavy (non-hydrogen) atoms. The Morgan fingerprint density at radius 2 is 2.07 bits per heavy atom. The van der Waals surface area contributed by atoms with E-state index >= 15 is 0 Å². The molecule has 1 aromatic rings. The molecule has 0 fully saturated rings. The molecule has 0 amide bonds. The molecule has 0 bridgehead atoms. The van der Waals surface area contributed by atoms with Crippen LogP contribution in [-0.2, 0) is 0 Å². The molecule has 5 heteroatoms. The molecule has 0 aliphatic heterocycles. The lowest BCUT2D eigenvalue weighted by Crippen LogP contribution is -2.40. The van der Waals surface area contributed by atoms with Gasteiger partial charge in [0, 0.05) is 31.2 Å². The molecular weight excluding hydrogens is 233 g/mol. The average Bonchev–Trinajstić information content (AvgIpc) is 2.17. The molecular formula is C10H15Cl2N3. The number of nitrogens with two attached hydrogens (primary N) is 2. The summed E-state index contributed by atoms with van der Waals surface area (Å²) in [5.74, 6) is 0. The van der Waals surface area contributed by atoms with Crippen LogP contribution < -0.4 is 16.4 Å². The summed E-state index contributed by atoms with van der Waals surface area (Å²) in [7, 11) is 1.92. The second-order valence-corrected chi connectivity index (χ2v) is 4.32. The van der Waals surface area contributed by atoms with E-state index in [0.29, 0.717) is 23.1 Å². The molecule has 3 nitrogen and oxygen atoms in total. The molecule has 0 spiro atoms. The Labute approximate surface area is 99.9 Å². The van der Waals surface area contributed by atoms with Gasteiger partial charge in [-0.2, -0.15) is 0 Å². The highest BCUT2D eigenvalue weighted by molar-refractivity contribution is 6.36. The van der Waals surface area contributed by atoms with Crippen LogP contribution in [0.1, 0.15) is 0 Å². The predicted octanol–water partition coefficient (Wildman–Crippen LogP) is 1.72. The number of anilines is 1. The molecule has 84 valence electrons. The van der Waals surface area contributed by atoms with E-state index in [-0.39, 0.29) is 6.04 Å². The van der Waals surface area contributed by atoms with Crippen molar-refractivity contribution in [1.29, 1.82) is 0 Å².